The number of aryl methyl sites for hydroxylation is 4. The number of likely N-dealkylation sites (N-methyl/N-ethyl adjacent to an activating group) is 1. The molecule has 4 fully saturated rings. The molecule has 0 radical (unpaired) electrons. The SMILES string of the molecule is C=C(CNC(=C)NCc1ccc(C)cc1)NCN1CCCC(C)C1.C=C(CNC(=C)NCc1ccc(C)cc1)NCc1ccccc1.C=C(NCC(=C)N(C)Cc1ccccc1)NCc1ccc(C)cc1.C=C(NCC(=C)OCC)NCc1nc2ccccc2[nH]1.Cc1ccc(CNC(=O)NCC(=O)N2CCCC(C(=O)N3CCCC3)C2)cc1.Nc1ccc(CNC(=O)NCC(=O)N2CCCC2)cc1. The van der Waals surface area contributed by atoms with E-state index in [4.69, 9.17) is 10.5 Å². The van der Waals surface area contributed by atoms with Gasteiger partial charge in [0.25, 0.3) is 0 Å². The number of benzene rings is 8. The minimum Gasteiger partial charge on any atom is -0.497 e. The van der Waals surface area contributed by atoms with E-state index < -0.39 is 0 Å². The molecule has 13 rings (SSSR count). The minimum atomic E-state index is -0.365. The van der Waals surface area contributed by atoms with Gasteiger partial charge in [-0.25, -0.2) is 14.6 Å². The molecule has 8 aromatic carbocycles. The molecule has 28 heteroatoms. The monoisotopic (exact) mass is 1890 g/mol. The van der Waals surface area contributed by atoms with Crippen molar-refractivity contribution in [3.8, 4) is 0 Å². The van der Waals surface area contributed by atoms with Gasteiger partial charge in [0.1, 0.15) is 11.6 Å². The van der Waals surface area contributed by atoms with Crippen molar-refractivity contribution in [1.82, 2.24) is 109 Å². The van der Waals surface area contributed by atoms with E-state index in [9.17, 15) is 24.0 Å². The number of piperidine rings is 2. The standard InChI is InChI=1S/C21H30N4O3.C21H27N3.C20H32N4.C20H25N3.C15H20N4O.C14H20N4O2/c1-16-6-8-17(9-7-16)13-22-21(28)23-14-19(26)25-12-4-5-18(15-25)20(27)24-10-2-3-11-24;1-17-10-12-20(13-11-17)15-23-19(3)22-14-18(2)24(4)16-21-8-6-5-7-9-21;1-16-7-9-20(10-8-16)13-22-19(4)21-12-18(3)23-15-24-11-5-6-17(2)14-24;1-16-9-11-20(12-10-16)15-23-18(3)22-13-17(2)21-14-19-7-5-4-6-8-19;1-4-20-11(2)9-16-12(3)17-10-15-18-13-7-5-6-8-14(13)19-15;15-12-5-3-11(4-6-12)9-16-14(20)17-10-13(19)18-7-1-2-8-18/h6-9,18H,2-5,10-15H2,1H3,(H2,22,23,28);5-13,22-23H,2-3,14-16H2,1,4H3;7-10,17,21-23H,3-6,11-15H2,1-2H3;4-12,21-23H,2-3,13-15H2,1H3;5-8,16-17H,2-4,9-10H2,1H3,(H,18,19);3-6H,1-2,7-10,15H2,(H2,16,17,20). The number of amides is 7. The van der Waals surface area contributed by atoms with Crippen molar-refractivity contribution in [1.29, 1.82) is 0 Å². The smallest absolute Gasteiger partial charge is 0.315 e. The van der Waals surface area contributed by atoms with E-state index in [1.165, 1.54) is 76.0 Å². The molecule has 139 heavy (non-hydrogen) atoms. The molecule has 0 saturated carbocycles. The summed E-state index contributed by atoms with van der Waals surface area (Å²) in [6.45, 7) is 60.7. The van der Waals surface area contributed by atoms with E-state index in [0.29, 0.717) is 82.8 Å². The summed E-state index contributed by atoms with van der Waals surface area (Å²) in [6.07, 6.45) is 8.56. The van der Waals surface area contributed by atoms with Gasteiger partial charge in [-0.15, -0.1) is 0 Å². The largest absolute Gasteiger partial charge is 0.497 e. The van der Waals surface area contributed by atoms with Gasteiger partial charge < -0.3 is 109 Å². The molecule has 17 N–H and O–H groups in total. The van der Waals surface area contributed by atoms with Crippen LogP contribution in [0, 0.1) is 39.5 Å². The average molecular weight is 1890 g/mol. The van der Waals surface area contributed by atoms with Gasteiger partial charge >= 0.3 is 12.1 Å². The fourth-order valence-corrected chi connectivity index (χ4v) is 15.0. The molecule has 28 nitrogen and oxygen atoms in total. The van der Waals surface area contributed by atoms with Crippen molar-refractivity contribution in [2.75, 3.05) is 118 Å². The summed E-state index contributed by atoms with van der Waals surface area (Å²) >= 11 is 0. The number of anilines is 1. The first-order valence-corrected chi connectivity index (χ1v) is 48.4. The van der Waals surface area contributed by atoms with Crippen LogP contribution in [0.4, 0.5) is 15.3 Å². The normalized spacial score (nSPS) is 13.9. The third-order valence-corrected chi connectivity index (χ3v) is 23.5. The Hall–Kier alpha value is -14.5. The van der Waals surface area contributed by atoms with Gasteiger partial charge in [0.15, 0.2) is 0 Å². The highest BCUT2D eigenvalue weighted by molar-refractivity contribution is 5.86. The maximum atomic E-state index is 12.6. The number of urea groups is 2. The van der Waals surface area contributed by atoms with Crippen molar-refractivity contribution < 1.29 is 28.7 Å². The molecule has 0 aliphatic carbocycles. The Balaban J connectivity index is 0.000000205. The van der Waals surface area contributed by atoms with Crippen LogP contribution in [-0.4, -0.2) is 176 Å². The topological polar surface area (TPSA) is 334 Å². The number of fused-ring (bicyclic) bond motifs is 1. The van der Waals surface area contributed by atoms with Gasteiger partial charge in [0.05, 0.1) is 99.3 Å². The van der Waals surface area contributed by atoms with Crippen molar-refractivity contribution in [3.05, 3.63) is 372 Å². The first-order chi connectivity index (χ1) is 67.1. The summed E-state index contributed by atoms with van der Waals surface area (Å²) < 4.78 is 5.25. The Morgan fingerprint density at radius 1 is 0.403 bits per heavy atom. The number of H-pyrrole nitrogens is 1. The number of hydrogen-bond acceptors (Lipinski definition) is 20. The number of hydrogen-bond donors (Lipinski definition) is 16. The number of rotatable bonds is 44. The summed E-state index contributed by atoms with van der Waals surface area (Å²) in [6, 6.07) is 68.6. The molecule has 0 bridgehead atoms. The molecule has 2 atom stereocenters. The van der Waals surface area contributed by atoms with Crippen molar-refractivity contribution >= 4 is 46.5 Å². The van der Waals surface area contributed by atoms with E-state index in [2.05, 4.69) is 291 Å². The van der Waals surface area contributed by atoms with Crippen LogP contribution < -0.4 is 80.2 Å². The van der Waals surface area contributed by atoms with Crippen LogP contribution in [0.5, 0.6) is 0 Å². The zero-order chi connectivity index (χ0) is 99.9. The maximum absolute atomic E-state index is 12.6. The first kappa shape index (κ1) is 110. The Morgan fingerprint density at radius 2 is 0.799 bits per heavy atom. The second-order valence-electron chi connectivity index (χ2n) is 35.6. The lowest BCUT2D eigenvalue weighted by atomic mass is 9.96. The van der Waals surface area contributed by atoms with Crippen LogP contribution >= 0.6 is 0 Å². The highest BCUT2D eigenvalue weighted by Gasteiger charge is 2.32. The second-order valence-corrected chi connectivity index (χ2v) is 35.6. The lowest BCUT2D eigenvalue weighted by molar-refractivity contribution is -0.139. The number of nitrogens with two attached hydrogens (primary N) is 1. The number of para-hydroxylation sites is 2. The van der Waals surface area contributed by atoms with Gasteiger partial charge in [-0.2, -0.15) is 0 Å². The van der Waals surface area contributed by atoms with Gasteiger partial charge in [-0.3, -0.25) is 19.3 Å². The molecule has 1 aromatic heterocycles. The highest BCUT2D eigenvalue weighted by atomic mass is 16.5. The number of likely N-dealkylation sites (tertiary alicyclic amines) is 4. The maximum Gasteiger partial charge on any atom is 0.315 e. The Labute approximate surface area is 826 Å². The number of carbonyl (C=O) groups is 5. The Bertz CT molecular complexity index is 5260. The lowest BCUT2D eigenvalue weighted by Crippen LogP contribution is -2.49. The van der Waals surface area contributed by atoms with Crippen molar-refractivity contribution in [3.63, 3.8) is 0 Å². The number of nitrogens with zero attached hydrogens (tertiary/aromatic N) is 6. The van der Waals surface area contributed by atoms with Gasteiger partial charge in [-0.05, 0) is 162 Å². The zero-order valence-electron chi connectivity index (χ0n) is 83.3. The number of carbonyl (C=O) groups excluding carboxylic acids is 5. The molecule has 5 heterocycles. The molecule has 4 aliphatic heterocycles. The first-order valence-electron chi connectivity index (χ1n) is 48.4. The summed E-state index contributed by atoms with van der Waals surface area (Å²) in [4.78, 5) is 78.1. The van der Waals surface area contributed by atoms with Crippen LogP contribution in [-0.2, 0) is 71.5 Å². The van der Waals surface area contributed by atoms with Crippen molar-refractivity contribution in [2.45, 2.75) is 145 Å². The predicted octanol–water partition coefficient (Wildman–Crippen LogP) is 14.8. The molecule has 9 aromatic rings. The number of aromatic amines is 1. The lowest BCUT2D eigenvalue weighted by Gasteiger charge is -2.34. The van der Waals surface area contributed by atoms with Crippen LogP contribution in [0.3, 0.4) is 0 Å². The van der Waals surface area contributed by atoms with Crippen molar-refractivity contribution in [2.24, 2.45) is 11.8 Å². The molecule has 4 saturated heterocycles. The van der Waals surface area contributed by atoms with Gasteiger partial charge in [0.2, 0.25) is 17.7 Å². The Morgan fingerprint density at radius 3 is 1.28 bits per heavy atom. The van der Waals surface area contributed by atoms with Crippen LogP contribution in [0.15, 0.2) is 305 Å². The predicted molar refractivity (Wildman–Crippen MR) is 566 cm³/mol. The van der Waals surface area contributed by atoms with Gasteiger partial charge in [0, 0.05) is 121 Å². The summed E-state index contributed by atoms with van der Waals surface area (Å²) in [5.41, 5.74) is 24.4. The van der Waals surface area contributed by atoms with E-state index in [1.807, 2.05) is 104 Å². The fourth-order valence-electron chi connectivity index (χ4n) is 15.0. The van der Waals surface area contributed by atoms with E-state index in [0.717, 1.165) is 173 Å². The van der Waals surface area contributed by atoms with Crippen LogP contribution in [0.2, 0.25) is 0 Å². The van der Waals surface area contributed by atoms with E-state index >= 15 is 0 Å². The third-order valence-electron chi connectivity index (χ3n) is 23.5. The average Bonchev–Trinajstić information content (AvgIpc) is 1.61. The molecule has 744 valence electrons. The fraction of sp³-hybridized carbons (Fsp3) is 0.369. The quantitative estimate of drug-likeness (QED) is 0.0125. The van der Waals surface area contributed by atoms with Gasteiger partial charge in [-0.1, -0.05) is 264 Å². The molecule has 2 unspecified atom stereocenters. The molecule has 4 aliphatic rings. The second kappa shape index (κ2) is 61.5. The summed E-state index contributed by atoms with van der Waals surface area (Å²) in [5.74, 6) is 5.43. The van der Waals surface area contributed by atoms with E-state index in [-0.39, 0.29) is 48.8 Å². The Kier molecular flexibility index (Phi) is 48.6. The number of imidazole rings is 1. The zero-order valence-corrected chi connectivity index (χ0v) is 83.3. The number of ether oxygens (including phenoxy) is 1. The molecule has 7 amide bonds. The molecule has 0 spiro atoms. The summed E-state index contributed by atoms with van der Waals surface area (Å²) in [7, 11) is 2.06. The number of nitrogens with one attached hydrogen (secondary N) is 15. The molecular formula is C111H154N22O6. The number of nitrogen functional groups attached to an aromatic ring is 1. The van der Waals surface area contributed by atoms with E-state index in [1.54, 1.807) is 21.9 Å². The third kappa shape index (κ3) is 44.9. The summed E-state index contributed by atoms with van der Waals surface area (Å²) in [5, 5.41) is 43.3. The van der Waals surface area contributed by atoms with Crippen LogP contribution in [0.1, 0.15) is 132 Å². The molecular weight excluding hydrogens is 1740 g/mol. The highest BCUT2D eigenvalue weighted by Crippen LogP contribution is 2.23. The number of aromatic nitrogens is 2. The van der Waals surface area contributed by atoms with Crippen LogP contribution in [0.25, 0.3) is 11.0 Å². The minimum absolute atomic E-state index is 0.0230.